The van der Waals surface area contributed by atoms with Crippen LogP contribution in [0, 0.1) is 11.6 Å². The summed E-state index contributed by atoms with van der Waals surface area (Å²) in [5.41, 5.74) is -0.670. The molecule has 19 heavy (non-hydrogen) atoms. The van der Waals surface area contributed by atoms with E-state index in [0.29, 0.717) is 0 Å². The van der Waals surface area contributed by atoms with Gasteiger partial charge in [0.25, 0.3) is 0 Å². The summed E-state index contributed by atoms with van der Waals surface area (Å²) in [4.78, 5) is 10.7. The Balaban J connectivity index is 1.82. The second-order valence-electron chi connectivity index (χ2n) is 4.95. The van der Waals surface area contributed by atoms with Gasteiger partial charge in [-0.15, -0.1) is 0 Å². The van der Waals surface area contributed by atoms with Crippen molar-refractivity contribution in [3.63, 3.8) is 0 Å². The van der Waals surface area contributed by atoms with Crippen molar-refractivity contribution < 1.29 is 23.4 Å². The number of benzene rings is 1. The topological polar surface area (TPSA) is 58.6 Å². The van der Waals surface area contributed by atoms with Gasteiger partial charge < -0.3 is 15.2 Å². The monoisotopic (exact) mass is 269 g/mol. The second kappa shape index (κ2) is 4.45. The van der Waals surface area contributed by atoms with E-state index in [1.54, 1.807) is 0 Å². The van der Waals surface area contributed by atoms with Crippen LogP contribution in [0.25, 0.3) is 0 Å². The molecule has 3 unspecified atom stereocenters. The van der Waals surface area contributed by atoms with E-state index in [-0.39, 0.29) is 23.9 Å². The van der Waals surface area contributed by atoms with E-state index >= 15 is 0 Å². The Morgan fingerprint density at radius 2 is 2.11 bits per heavy atom. The van der Waals surface area contributed by atoms with E-state index in [2.05, 4.69) is 5.32 Å². The van der Waals surface area contributed by atoms with Gasteiger partial charge in [-0.25, -0.2) is 13.6 Å². The van der Waals surface area contributed by atoms with Crippen molar-refractivity contribution in [2.75, 3.05) is 5.32 Å². The molecule has 102 valence electrons. The van der Waals surface area contributed by atoms with Gasteiger partial charge in [0.2, 0.25) is 0 Å². The fourth-order valence-electron chi connectivity index (χ4n) is 2.82. The summed E-state index contributed by atoms with van der Waals surface area (Å²) in [5, 5.41) is 11.6. The number of rotatable bonds is 3. The first-order valence-electron chi connectivity index (χ1n) is 6.19. The SMILES string of the molecule is O=C(O)c1ccc(NC2CC3CCC2O3)c(F)c1F. The highest BCUT2D eigenvalue weighted by Gasteiger charge is 2.41. The number of ether oxygens (including phenoxy) is 1. The van der Waals surface area contributed by atoms with Crippen LogP contribution in [-0.2, 0) is 4.74 Å². The first-order valence-corrected chi connectivity index (χ1v) is 6.19. The lowest BCUT2D eigenvalue weighted by Crippen LogP contribution is -2.31. The van der Waals surface area contributed by atoms with Gasteiger partial charge in [-0.05, 0) is 31.4 Å². The van der Waals surface area contributed by atoms with Gasteiger partial charge in [-0.2, -0.15) is 0 Å². The molecular weight excluding hydrogens is 256 g/mol. The van der Waals surface area contributed by atoms with E-state index in [9.17, 15) is 13.6 Å². The van der Waals surface area contributed by atoms with Crippen LogP contribution in [0.1, 0.15) is 29.6 Å². The lowest BCUT2D eigenvalue weighted by molar-refractivity contribution is 0.0690. The van der Waals surface area contributed by atoms with E-state index in [1.165, 1.54) is 6.07 Å². The fourth-order valence-corrected chi connectivity index (χ4v) is 2.82. The third-order valence-electron chi connectivity index (χ3n) is 3.76. The van der Waals surface area contributed by atoms with E-state index in [4.69, 9.17) is 9.84 Å². The number of fused-ring (bicyclic) bond motifs is 2. The molecule has 0 aromatic heterocycles. The number of aromatic carboxylic acids is 1. The quantitative estimate of drug-likeness (QED) is 0.884. The number of hydrogen-bond donors (Lipinski definition) is 2. The first-order chi connectivity index (χ1) is 9.06. The number of nitrogens with one attached hydrogen (secondary N) is 1. The highest BCUT2D eigenvalue weighted by atomic mass is 19.2. The Hall–Kier alpha value is -1.69. The summed E-state index contributed by atoms with van der Waals surface area (Å²) >= 11 is 0. The number of carboxylic acid groups (broad SMARTS) is 1. The number of carbonyl (C=O) groups is 1. The third-order valence-corrected chi connectivity index (χ3v) is 3.76. The van der Waals surface area contributed by atoms with Gasteiger partial charge in [0, 0.05) is 0 Å². The highest BCUT2D eigenvalue weighted by molar-refractivity contribution is 5.88. The molecule has 0 radical (unpaired) electrons. The number of anilines is 1. The van der Waals surface area contributed by atoms with Crippen LogP contribution in [0.15, 0.2) is 12.1 Å². The predicted octanol–water partition coefficient (Wildman–Crippen LogP) is 2.39. The maximum absolute atomic E-state index is 13.8. The standard InChI is InChI=1S/C13H13F2NO3/c14-11-7(13(17)18)2-3-8(12(11)15)16-9-5-6-1-4-10(9)19-6/h2-3,6,9-10,16H,1,4-5H2,(H,17,18). The zero-order valence-electron chi connectivity index (χ0n) is 10.0. The molecule has 3 atom stereocenters. The molecule has 3 rings (SSSR count). The predicted molar refractivity (Wildman–Crippen MR) is 63.2 cm³/mol. The van der Waals surface area contributed by atoms with E-state index in [1.807, 2.05) is 0 Å². The molecule has 0 spiro atoms. The van der Waals surface area contributed by atoms with Crippen molar-refractivity contribution in [2.24, 2.45) is 0 Å². The minimum absolute atomic E-state index is 0.0105. The summed E-state index contributed by atoms with van der Waals surface area (Å²) in [5.74, 6) is -3.96. The minimum Gasteiger partial charge on any atom is -0.478 e. The molecule has 2 aliphatic rings. The summed E-state index contributed by atoms with van der Waals surface area (Å²) < 4.78 is 32.9. The molecule has 4 nitrogen and oxygen atoms in total. The molecule has 0 amide bonds. The Morgan fingerprint density at radius 1 is 1.32 bits per heavy atom. The van der Waals surface area contributed by atoms with Gasteiger partial charge >= 0.3 is 5.97 Å². The molecule has 6 heteroatoms. The van der Waals surface area contributed by atoms with Crippen LogP contribution < -0.4 is 5.32 Å². The molecular formula is C13H13F2NO3. The molecule has 2 heterocycles. The summed E-state index contributed by atoms with van der Waals surface area (Å²) in [7, 11) is 0. The largest absolute Gasteiger partial charge is 0.478 e. The molecule has 2 fully saturated rings. The molecule has 0 saturated carbocycles. The Labute approximate surface area is 108 Å². The van der Waals surface area contributed by atoms with Crippen molar-refractivity contribution in [1.82, 2.24) is 0 Å². The highest BCUT2D eigenvalue weighted by Crippen LogP contribution is 2.36. The van der Waals surface area contributed by atoms with Crippen LogP contribution >= 0.6 is 0 Å². The van der Waals surface area contributed by atoms with Crippen molar-refractivity contribution >= 4 is 11.7 Å². The van der Waals surface area contributed by atoms with Crippen molar-refractivity contribution in [3.8, 4) is 0 Å². The molecule has 2 bridgehead atoms. The average molecular weight is 269 g/mol. The molecule has 0 aliphatic carbocycles. The van der Waals surface area contributed by atoms with Gasteiger partial charge in [-0.3, -0.25) is 0 Å². The molecule has 2 saturated heterocycles. The van der Waals surface area contributed by atoms with Crippen molar-refractivity contribution in [1.29, 1.82) is 0 Å². The molecule has 1 aromatic carbocycles. The van der Waals surface area contributed by atoms with Crippen molar-refractivity contribution in [2.45, 2.75) is 37.5 Å². The second-order valence-corrected chi connectivity index (χ2v) is 4.95. The molecule has 2 aliphatic heterocycles. The smallest absolute Gasteiger partial charge is 0.338 e. The Kier molecular flexibility index (Phi) is 2.89. The van der Waals surface area contributed by atoms with Crippen molar-refractivity contribution in [3.05, 3.63) is 29.3 Å². The number of halogens is 2. The zero-order chi connectivity index (χ0) is 13.6. The third kappa shape index (κ3) is 2.06. The normalized spacial score (nSPS) is 28.6. The van der Waals surface area contributed by atoms with Crippen LogP contribution in [-0.4, -0.2) is 29.3 Å². The Bertz CT molecular complexity index is 535. The summed E-state index contributed by atoms with van der Waals surface area (Å²) in [6, 6.07) is 2.29. The minimum atomic E-state index is -1.48. The average Bonchev–Trinajstić information content (AvgIpc) is 2.97. The van der Waals surface area contributed by atoms with Gasteiger partial charge in [0.05, 0.1) is 29.5 Å². The van der Waals surface area contributed by atoms with Crippen LogP contribution in [0.5, 0.6) is 0 Å². The molecule has 2 N–H and O–H groups in total. The van der Waals surface area contributed by atoms with Crippen LogP contribution in [0.3, 0.4) is 0 Å². The summed E-state index contributed by atoms with van der Waals surface area (Å²) in [6.07, 6.45) is 2.93. The number of hydrogen-bond acceptors (Lipinski definition) is 3. The van der Waals surface area contributed by atoms with Gasteiger partial charge in [-0.1, -0.05) is 0 Å². The van der Waals surface area contributed by atoms with Crippen LogP contribution in [0.4, 0.5) is 14.5 Å². The lowest BCUT2D eigenvalue weighted by atomic mass is 9.95. The zero-order valence-corrected chi connectivity index (χ0v) is 10.0. The lowest BCUT2D eigenvalue weighted by Gasteiger charge is -2.21. The summed E-state index contributed by atoms with van der Waals surface area (Å²) in [6.45, 7) is 0. The van der Waals surface area contributed by atoms with Gasteiger partial charge in [0.15, 0.2) is 11.6 Å². The first kappa shape index (κ1) is 12.3. The number of carboxylic acids is 1. The molecule has 1 aromatic rings. The van der Waals surface area contributed by atoms with E-state index in [0.717, 1.165) is 25.3 Å². The van der Waals surface area contributed by atoms with Crippen LogP contribution in [0.2, 0.25) is 0 Å². The Morgan fingerprint density at radius 3 is 2.68 bits per heavy atom. The maximum Gasteiger partial charge on any atom is 0.338 e. The van der Waals surface area contributed by atoms with E-state index < -0.39 is 23.2 Å². The van der Waals surface area contributed by atoms with Gasteiger partial charge in [0.1, 0.15) is 0 Å². The maximum atomic E-state index is 13.8. The fraction of sp³-hybridized carbons (Fsp3) is 0.462.